The fourth-order valence-corrected chi connectivity index (χ4v) is 2.47. The summed E-state index contributed by atoms with van der Waals surface area (Å²) < 4.78 is 41.4. The molecule has 1 aromatic rings. The zero-order valence-electron chi connectivity index (χ0n) is 7.58. The Labute approximate surface area is 92.9 Å². The molecule has 0 aliphatic heterocycles. The molecule has 0 aliphatic rings. The summed E-state index contributed by atoms with van der Waals surface area (Å²) in [6, 6.07) is 5.70. The molecule has 0 amide bonds. The van der Waals surface area contributed by atoms with Gasteiger partial charge in [0, 0.05) is 4.67 Å². The summed E-state index contributed by atoms with van der Waals surface area (Å²) in [5.74, 6) is 0. The van der Waals surface area contributed by atoms with Gasteiger partial charge in [-0.1, -0.05) is 28.1 Å². The van der Waals surface area contributed by atoms with Gasteiger partial charge in [0.1, 0.15) is 4.90 Å². The second-order valence-corrected chi connectivity index (χ2v) is 5.39. The molecule has 1 rings (SSSR count). The smallest absolute Gasteiger partial charge is 0.191 e. The lowest BCUT2D eigenvalue weighted by Gasteiger charge is -2.00. The lowest BCUT2D eigenvalue weighted by Crippen LogP contribution is -2.05. The van der Waals surface area contributed by atoms with E-state index in [0.717, 1.165) is 6.66 Å². The van der Waals surface area contributed by atoms with Gasteiger partial charge in [0.05, 0.1) is 5.02 Å². The van der Waals surface area contributed by atoms with Crippen LogP contribution in [-0.2, 0) is 23.7 Å². The third-order valence-electron chi connectivity index (χ3n) is 1.33. The van der Waals surface area contributed by atoms with E-state index in [0.29, 0.717) is 0 Å². The summed E-state index contributed by atoms with van der Waals surface area (Å²) in [6.07, 6.45) is 0. The number of rotatable bonds is 4. The van der Waals surface area contributed by atoms with Crippen LogP contribution in [0.2, 0.25) is 5.02 Å². The number of benzene rings is 1. The molecule has 0 bridgehead atoms. The second kappa shape index (κ2) is 5.01. The predicted molar refractivity (Wildman–Crippen MR) is 54.3 cm³/mol. The van der Waals surface area contributed by atoms with Crippen molar-refractivity contribution in [1.29, 1.82) is 0 Å². The first-order valence-corrected chi connectivity index (χ1v) is 7.11. The molecule has 1 unspecified atom stereocenters. The first-order valence-electron chi connectivity index (χ1n) is 3.70. The van der Waals surface area contributed by atoms with Crippen molar-refractivity contribution in [2.45, 2.75) is 4.90 Å². The molecular formula is C7H7ClO5PS+. The van der Waals surface area contributed by atoms with Crippen molar-refractivity contribution in [3.63, 3.8) is 0 Å². The van der Waals surface area contributed by atoms with E-state index in [1.807, 2.05) is 0 Å². The highest BCUT2D eigenvalue weighted by molar-refractivity contribution is 7.86. The number of hydrogen-bond acceptors (Lipinski definition) is 5. The minimum atomic E-state index is -4.12. The molecule has 1 atom stereocenters. The average molecular weight is 270 g/mol. The maximum Gasteiger partial charge on any atom is 0.537 e. The summed E-state index contributed by atoms with van der Waals surface area (Å²) in [5.41, 5.74) is 0. The predicted octanol–water partition coefficient (Wildman–Crippen LogP) is 2.35. The maximum atomic E-state index is 11.4. The fraction of sp³-hybridized carbons (Fsp3) is 0.143. The molecule has 0 radical (unpaired) electrons. The van der Waals surface area contributed by atoms with Gasteiger partial charge in [-0.15, -0.1) is 0 Å². The Kier molecular flexibility index (Phi) is 4.19. The molecule has 0 aromatic heterocycles. The van der Waals surface area contributed by atoms with Crippen LogP contribution in [0.5, 0.6) is 0 Å². The van der Waals surface area contributed by atoms with Crippen molar-refractivity contribution < 1.29 is 22.0 Å². The first-order chi connectivity index (χ1) is 6.93. The Morgan fingerprint density at radius 3 is 2.47 bits per heavy atom. The molecule has 0 N–H and O–H groups in total. The molecule has 0 fully saturated rings. The van der Waals surface area contributed by atoms with Crippen LogP contribution < -0.4 is 0 Å². The minimum absolute atomic E-state index is 0.00688. The summed E-state index contributed by atoms with van der Waals surface area (Å²) in [5, 5.41) is 0.00688. The molecule has 15 heavy (non-hydrogen) atoms. The molecule has 8 heteroatoms. The average Bonchev–Trinajstić information content (AvgIpc) is 2.15. The molecule has 1 aromatic carbocycles. The van der Waals surface area contributed by atoms with Crippen LogP contribution in [0.3, 0.4) is 0 Å². The largest absolute Gasteiger partial charge is 0.537 e. The Morgan fingerprint density at radius 1 is 1.33 bits per heavy atom. The lowest BCUT2D eigenvalue weighted by molar-refractivity contribution is -0.0833. The van der Waals surface area contributed by atoms with Gasteiger partial charge in [0.25, 0.3) is 0 Å². The second-order valence-electron chi connectivity index (χ2n) is 2.47. The summed E-state index contributed by atoms with van der Waals surface area (Å²) in [7, 11) is -6.28. The number of hydrogen-bond donors (Lipinski definition) is 0. The van der Waals surface area contributed by atoms with Crippen LogP contribution in [0, 0.1) is 0 Å². The zero-order chi connectivity index (χ0) is 11.5. The zero-order valence-corrected chi connectivity index (χ0v) is 10.1. The Morgan fingerprint density at radius 2 is 1.93 bits per heavy atom. The van der Waals surface area contributed by atoms with Gasteiger partial charge in [-0.2, -0.15) is 8.42 Å². The highest BCUT2D eigenvalue weighted by atomic mass is 35.5. The van der Waals surface area contributed by atoms with E-state index in [1.165, 1.54) is 18.2 Å². The SMILES string of the molecule is C[P+](=O)OOS(=O)(=O)c1ccccc1Cl. The lowest BCUT2D eigenvalue weighted by atomic mass is 10.4. The van der Waals surface area contributed by atoms with Crippen LogP contribution in [0.25, 0.3) is 0 Å². The normalized spacial score (nSPS) is 12.5. The fourth-order valence-electron chi connectivity index (χ4n) is 0.767. The molecular weight excluding hydrogens is 263 g/mol. The van der Waals surface area contributed by atoms with Crippen molar-refractivity contribution in [1.82, 2.24) is 0 Å². The van der Waals surface area contributed by atoms with Crippen LogP contribution in [-0.4, -0.2) is 15.1 Å². The summed E-state index contributed by atoms with van der Waals surface area (Å²) in [6.45, 7) is 1.16. The van der Waals surface area contributed by atoms with Crippen LogP contribution >= 0.6 is 19.6 Å². The Balaban J connectivity index is 2.97. The van der Waals surface area contributed by atoms with E-state index in [4.69, 9.17) is 11.6 Å². The van der Waals surface area contributed by atoms with E-state index < -0.39 is 18.1 Å². The van der Waals surface area contributed by atoms with Gasteiger partial charge >= 0.3 is 18.1 Å². The van der Waals surface area contributed by atoms with Crippen molar-refractivity contribution in [3.05, 3.63) is 29.3 Å². The topological polar surface area (TPSA) is 69.7 Å². The van der Waals surface area contributed by atoms with Crippen molar-refractivity contribution in [2.24, 2.45) is 0 Å². The van der Waals surface area contributed by atoms with Crippen molar-refractivity contribution in [2.75, 3.05) is 6.66 Å². The van der Waals surface area contributed by atoms with Gasteiger partial charge in [0.15, 0.2) is 6.66 Å². The molecule has 0 saturated heterocycles. The molecule has 0 spiro atoms. The van der Waals surface area contributed by atoms with Gasteiger partial charge in [-0.25, -0.2) is 0 Å². The van der Waals surface area contributed by atoms with E-state index in [1.54, 1.807) is 6.07 Å². The number of halogens is 1. The van der Waals surface area contributed by atoms with Gasteiger partial charge in [-0.3, -0.25) is 0 Å². The minimum Gasteiger partial charge on any atom is -0.191 e. The highest BCUT2D eigenvalue weighted by Gasteiger charge is 2.24. The van der Waals surface area contributed by atoms with E-state index in [2.05, 4.69) is 9.01 Å². The van der Waals surface area contributed by atoms with E-state index in [-0.39, 0.29) is 9.92 Å². The Bertz CT molecular complexity index is 472. The molecule has 0 aliphatic carbocycles. The van der Waals surface area contributed by atoms with Crippen LogP contribution in [0.4, 0.5) is 0 Å². The molecule has 0 saturated carbocycles. The Hall–Kier alpha value is -0.520. The van der Waals surface area contributed by atoms with Crippen LogP contribution in [0.15, 0.2) is 29.2 Å². The monoisotopic (exact) mass is 269 g/mol. The van der Waals surface area contributed by atoms with Gasteiger partial charge in [0.2, 0.25) is 0 Å². The maximum absolute atomic E-state index is 11.4. The van der Waals surface area contributed by atoms with Gasteiger partial charge < -0.3 is 0 Å². The molecule has 82 valence electrons. The van der Waals surface area contributed by atoms with Gasteiger partial charge in [-0.05, 0) is 16.7 Å². The van der Waals surface area contributed by atoms with Crippen molar-refractivity contribution >= 4 is 29.7 Å². The highest BCUT2D eigenvalue weighted by Crippen LogP contribution is 2.25. The van der Waals surface area contributed by atoms with E-state index >= 15 is 0 Å². The van der Waals surface area contributed by atoms with E-state index in [9.17, 15) is 13.0 Å². The molecule has 5 nitrogen and oxygen atoms in total. The third kappa shape index (κ3) is 3.52. The third-order valence-corrected chi connectivity index (χ3v) is 3.30. The quantitative estimate of drug-likeness (QED) is 0.477. The standard InChI is InChI=1S/C7H7ClO5PS/c1-14(9)12-13-15(10,11)7-5-3-2-4-6(7)8/h2-5H,1H3/q+1. The van der Waals surface area contributed by atoms with Crippen molar-refractivity contribution in [3.8, 4) is 0 Å². The summed E-state index contributed by atoms with van der Waals surface area (Å²) in [4.78, 5) is -0.233. The summed E-state index contributed by atoms with van der Waals surface area (Å²) >= 11 is 5.64. The first kappa shape index (κ1) is 12.5. The molecule has 0 heterocycles. The van der Waals surface area contributed by atoms with Crippen LogP contribution in [0.1, 0.15) is 0 Å².